The highest BCUT2D eigenvalue weighted by atomic mass is 16.5. The number of methoxy groups -OCH3 is 1. The molecular formula is C25H27N7O3. The highest BCUT2D eigenvalue weighted by Crippen LogP contribution is 2.35. The number of aromatic nitrogens is 5. The number of aryl methyl sites for hydroxylation is 1. The molecule has 0 radical (unpaired) electrons. The Morgan fingerprint density at radius 3 is 2.83 bits per heavy atom. The van der Waals surface area contributed by atoms with Crippen LogP contribution in [0.2, 0.25) is 0 Å². The fraction of sp³-hybridized carbons (Fsp3) is 0.280. The number of pyridine rings is 1. The number of hydrogen-bond donors (Lipinski definition) is 2. The fourth-order valence-corrected chi connectivity index (χ4v) is 4.32. The Hall–Kier alpha value is -4.34. The number of imidazole rings is 1. The number of fused-ring (bicyclic) bond motifs is 1. The van der Waals surface area contributed by atoms with Crippen molar-refractivity contribution in [2.75, 3.05) is 17.7 Å². The van der Waals surface area contributed by atoms with Gasteiger partial charge in [0.2, 0.25) is 5.91 Å². The normalized spacial score (nSPS) is 13.4. The van der Waals surface area contributed by atoms with Crippen molar-refractivity contribution in [3.8, 4) is 5.88 Å². The molecular weight excluding hydrogens is 446 g/mol. The smallest absolute Gasteiger partial charge is 0.277 e. The van der Waals surface area contributed by atoms with Gasteiger partial charge in [-0.15, -0.1) is 5.10 Å². The summed E-state index contributed by atoms with van der Waals surface area (Å²) < 4.78 is 10.7. The molecule has 10 heteroatoms. The first-order chi connectivity index (χ1) is 17.0. The van der Waals surface area contributed by atoms with E-state index in [1.54, 1.807) is 34.9 Å². The predicted octanol–water partition coefficient (Wildman–Crippen LogP) is 3.58. The molecule has 10 nitrogen and oxygen atoms in total. The summed E-state index contributed by atoms with van der Waals surface area (Å²) in [6, 6.07) is 7.68. The number of benzene rings is 1. The summed E-state index contributed by atoms with van der Waals surface area (Å²) in [5.41, 5.74) is 3.92. The van der Waals surface area contributed by atoms with E-state index < -0.39 is 0 Å². The van der Waals surface area contributed by atoms with E-state index in [4.69, 9.17) is 4.74 Å². The maximum atomic E-state index is 13.7. The molecule has 1 fully saturated rings. The van der Waals surface area contributed by atoms with Crippen LogP contribution in [0.3, 0.4) is 0 Å². The van der Waals surface area contributed by atoms with Crippen LogP contribution in [0, 0.1) is 0 Å². The van der Waals surface area contributed by atoms with Gasteiger partial charge in [-0.1, -0.05) is 18.7 Å². The quantitative estimate of drug-likeness (QED) is 0.379. The second-order valence-electron chi connectivity index (χ2n) is 8.65. The Morgan fingerprint density at radius 2 is 2.11 bits per heavy atom. The van der Waals surface area contributed by atoms with Crippen molar-refractivity contribution in [1.82, 2.24) is 23.9 Å². The average molecular weight is 474 g/mol. The van der Waals surface area contributed by atoms with Gasteiger partial charge in [0, 0.05) is 25.0 Å². The molecule has 0 aliphatic heterocycles. The third-order valence-electron chi connectivity index (χ3n) is 6.26. The number of ether oxygens (including phenoxy) is 1. The van der Waals surface area contributed by atoms with Gasteiger partial charge in [-0.2, -0.15) is 0 Å². The Morgan fingerprint density at radius 1 is 1.29 bits per heavy atom. The molecule has 1 saturated carbocycles. The van der Waals surface area contributed by atoms with Crippen LogP contribution in [0.5, 0.6) is 5.88 Å². The maximum Gasteiger partial charge on any atom is 0.277 e. The third kappa shape index (κ3) is 4.30. The van der Waals surface area contributed by atoms with Crippen molar-refractivity contribution < 1.29 is 9.53 Å². The lowest BCUT2D eigenvalue weighted by molar-refractivity contribution is -0.111. The van der Waals surface area contributed by atoms with E-state index in [-0.39, 0.29) is 17.5 Å². The molecule has 1 amide bonds. The molecule has 0 bridgehead atoms. The first-order valence-electron chi connectivity index (χ1n) is 11.4. The second-order valence-corrected chi connectivity index (χ2v) is 8.65. The summed E-state index contributed by atoms with van der Waals surface area (Å²) in [6.45, 7) is 3.81. The third-order valence-corrected chi connectivity index (χ3v) is 6.26. The SMILES string of the molecule is C=CC(=O)Nc1cccc(Cn2cc(Nc3cn(C)nc3OC)c3ncn(C4CCC4)c3c2=O)c1. The van der Waals surface area contributed by atoms with Crippen LogP contribution >= 0.6 is 0 Å². The number of anilines is 3. The molecule has 1 aromatic carbocycles. The number of nitrogens with zero attached hydrogens (tertiary/aromatic N) is 5. The van der Waals surface area contributed by atoms with E-state index in [9.17, 15) is 9.59 Å². The van der Waals surface area contributed by atoms with Crippen LogP contribution in [-0.4, -0.2) is 36.9 Å². The van der Waals surface area contributed by atoms with Crippen LogP contribution in [0.4, 0.5) is 17.1 Å². The van der Waals surface area contributed by atoms with E-state index in [2.05, 4.69) is 27.3 Å². The van der Waals surface area contributed by atoms with Gasteiger partial charge in [0.1, 0.15) is 16.7 Å². The van der Waals surface area contributed by atoms with Gasteiger partial charge in [-0.05, 0) is 43.0 Å². The zero-order chi connectivity index (χ0) is 24.5. The number of carbonyl (C=O) groups is 1. The van der Waals surface area contributed by atoms with Crippen molar-refractivity contribution in [2.45, 2.75) is 31.8 Å². The number of nitrogens with one attached hydrogen (secondary N) is 2. The van der Waals surface area contributed by atoms with Crippen LogP contribution in [0.25, 0.3) is 11.0 Å². The lowest BCUT2D eigenvalue weighted by Crippen LogP contribution is -2.25. The van der Waals surface area contributed by atoms with Crippen LogP contribution < -0.4 is 20.9 Å². The summed E-state index contributed by atoms with van der Waals surface area (Å²) in [6.07, 6.45) is 9.77. The molecule has 35 heavy (non-hydrogen) atoms. The molecule has 3 aromatic heterocycles. The Labute approximate surface area is 201 Å². The summed E-state index contributed by atoms with van der Waals surface area (Å²) in [7, 11) is 3.38. The van der Waals surface area contributed by atoms with Gasteiger partial charge in [-0.3, -0.25) is 14.3 Å². The van der Waals surface area contributed by atoms with Crippen molar-refractivity contribution in [3.05, 3.63) is 71.6 Å². The van der Waals surface area contributed by atoms with Crippen molar-refractivity contribution in [1.29, 1.82) is 0 Å². The Kier molecular flexibility index (Phi) is 5.86. The first kappa shape index (κ1) is 22.5. The van der Waals surface area contributed by atoms with E-state index >= 15 is 0 Å². The molecule has 0 saturated heterocycles. The second kappa shape index (κ2) is 9.13. The Bertz CT molecular complexity index is 1480. The van der Waals surface area contributed by atoms with Crippen LogP contribution in [-0.2, 0) is 18.4 Å². The largest absolute Gasteiger partial charge is 0.478 e. The first-order valence-corrected chi connectivity index (χ1v) is 11.4. The van der Waals surface area contributed by atoms with E-state index in [1.165, 1.54) is 6.08 Å². The molecule has 0 spiro atoms. The standard InChI is InChI=1S/C25H27N7O3/c1-4-21(33)27-17-8-5-7-16(11-17)12-31-14-19(28-20-13-30(2)29-24(20)35-3)22-23(25(31)34)32(15-26-22)18-9-6-10-18/h4-5,7-8,11,13-15,18,28H,1,6,9-10,12H2,2-3H3,(H,27,33). The van der Waals surface area contributed by atoms with E-state index in [0.29, 0.717) is 40.5 Å². The van der Waals surface area contributed by atoms with Gasteiger partial charge >= 0.3 is 0 Å². The molecule has 4 aromatic rings. The summed E-state index contributed by atoms with van der Waals surface area (Å²) in [5, 5.41) is 10.4. The molecule has 0 unspecified atom stereocenters. The maximum absolute atomic E-state index is 13.7. The van der Waals surface area contributed by atoms with Gasteiger partial charge in [0.25, 0.3) is 11.4 Å². The van der Waals surface area contributed by atoms with Crippen LogP contribution in [0.1, 0.15) is 30.9 Å². The number of hydrogen-bond acceptors (Lipinski definition) is 6. The van der Waals surface area contributed by atoms with Crippen LogP contribution in [0.15, 0.2) is 60.4 Å². The summed E-state index contributed by atoms with van der Waals surface area (Å²) >= 11 is 0. The topological polar surface area (TPSA) is 108 Å². The lowest BCUT2D eigenvalue weighted by atomic mass is 9.93. The zero-order valence-electron chi connectivity index (χ0n) is 19.7. The number of carbonyl (C=O) groups excluding carboxylic acids is 1. The van der Waals surface area contributed by atoms with Gasteiger partial charge in [0.15, 0.2) is 0 Å². The summed E-state index contributed by atoms with van der Waals surface area (Å²) in [5.74, 6) is 0.157. The highest BCUT2D eigenvalue weighted by Gasteiger charge is 2.25. The molecule has 1 aliphatic carbocycles. The van der Waals surface area contributed by atoms with Crippen molar-refractivity contribution in [2.24, 2.45) is 7.05 Å². The highest BCUT2D eigenvalue weighted by molar-refractivity contribution is 5.98. The molecule has 0 atom stereocenters. The predicted molar refractivity (Wildman–Crippen MR) is 134 cm³/mol. The molecule has 2 N–H and O–H groups in total. The Balaban J connectivity index is 1.59. The minimum absolute atomic E-state index is 0.117. The monoisotopic (exact) mass is 473 g/mol. The molecule has 1 aliphatic rings. The van der Waals surface area contributed by atoms with Gasteiger partial charge in [-0.25, -0.2) is 4.98 Å². The van der Waals surface area contributed by atoms with Gasteiger partial charge < -0.3 is 24.5 Å². The van der Waals surface area contributed by atoms with Gasteiger partial charge in [0.05, 0.1) is 31.9 Å². The van der Waals surface area contributed by atoms with Crippen molar-refractivity contribution >= 4 is 34.0 Å². The van der Waals surface area contributed by atoms with E-state index in [0.717, 1.165) is 24.8 Å². The molecule has 180 valence electrons. The zero-order valence-corrected chi connectivity index (χ0v) is 19.7. The molecule has 5 rings (SSSR count). The average Bonchev–Trinajstić information content (AvgIpc) is 3.39. The number of amides is 1. The summed E-state index contributed by atoms with van der Waals surface area (Å²) in [4.78, 5) is 30.0. The minimum atomic E-state index is -0.290. The lowest BCUT2D eigenvalue weighted by Gasteiger charge is -2.27. The number of rotatable bonds is 8. The molecule has 3 heterocycles. The fourth-order valence-electron chi connectivity index (χ4n) is 4.32. The minimum Gasteiger partial charge on any atom is -0.478 e. The van der Waals surface area contributed by atoms with Crippen molar-refractivity contribution in [3.63, 3.8) is 0 Å². The van der Waals surface area contributed by atoms with E-state index in [1.807, 2.05) is 36.0 Å².